The van der Waals surface area contributed by atoms with Crippen LogP contribution in [-0.4, -0.2) is 26.8 Å². The van der Waals surface area contributed by atoms with Gasteiger partial charge in [-0.05, 0) is 38.3 Å². The lowest BCUT2D eigenvalue weighted by Gasteiger charge is -2.21. The molecule has 3 heteroatoms. The molecule has 0 aromatic carbocycles. The third-order valence-electron chi connectivity index (χ3n) is 2.19. The third-order valence-corrected chi connectivity index (χ3v) is 2.19. The van der Waals surface area contributed by atoms with Crippen molar-refractivity contribution < 1.29 is 4.74 Å². The van der Waals surface area contributed by atoms with Crippen LogP contribution in [0.25, 0.3) is 0 Å². The lowest BCUT2D eigenvalue weighted by Crippen LogP contribution is -2.28. The van der Waals surface area contributed by atoms with Crippen molar-refractivity contribution >= 4 is 12.4 Å². The van der Waals surface area contributed by atoms with Crippen molar-refractivity contribution in [1.82, 2.24) is 5.32 Å². The minimum Gasteiger partial charge on any atom is -0.385 e. The van der Waals surface area contributed by atoms with Gasteiger partial charge in [0, 0.05) is 13.7 Å². The number of piperidine rings is 1. The summed E-state index contributed by atoms with van der Waals surface area (Å²) in [6.07, 6.45) is 3.92. The first-order valence-electron chi connectivity index (χ1n) is 4.13. The van der Waals surface area contributed by atoms with Gasteiger partial charge in [-0.2, -0.15) is 0 Å². The Morgan fingerprint density at radius 1 is 1.36 bits per heavy atom. The fourth-order valence-electron chi connectivity index (χ4n) is 1.45. The number of nitrogens with one attached hydrogen (secondary N) is 1. The van der Waals surface area contributed by atoms with Gasteiger partial charge in [-0.25, -0.2) is 0 Å². The van der Waals surface area contributed by atoms with Crippen LogP contribution in [-0.2, 0) is 4.74 Å². The SMILES string of the molecule is COCCC1CCNCC1.Cl. The second-order valence-electron chi connectivity index (χ2n) is 2.97. The molecule has 0 saturated carbocycles. The van der Waals surface area contributed by atoms with Crippen molar-refractivity contribution in [2.75, 3.05) is 26.8 Å². The molecule has 0 aromatic rings. The second-order valence-corrected chi connectivity index (χ2v) is 2.97. The fraction of sp³-hybridized carbons (Fsp3) is 1.00. The Morgan fingerprint density at radius 2 is 2.00 bits per heavy atom. The molecule has 0 radical (unpaired) electrons. The molecule has 68 valence electrons. The van der Waals surface area contributed by atoms with Crippen LogP contribution in [0.15, 0.2) is 0 Å². The zero-order valence-electron chi connectivity index (χ0n) is 7.14. The Morgan fingerprint density at radius 3 is 2.55 bits per heavy atom. The predicted molar refractivity (Wildman–Crippen MR) is 49.3 cm³/mol. The van der Waals surface area contributed by atoms with E-state index in [1.807, 2.05) is 0 Å². The number of hydrogen-bond donors (Lipinski definition) is 1. The van der Waals surface area contributed by atoms with Crippen molar-refractivity contribution in [2.45, 2.75) is 19.3 Å². The van der Waals surface area contributed by atoms with Crippen LogP contribution in [0.5, 0.6) is 0 Å². The van der Waals surface area contributed by atoms with Crippen molar-refractivity contribution in [3.05, 3.63) is 0 Å². The molecule has 1 fully saturated rings. The van der Waals surface area contributed by atoms with E-state index in [-0.39, 0.29) is 12.4 Å². The smallest absolute Gasteiger partial charge is 0.0464 e. The van der Waals surface area contributed by atoms with E-state index in [1.165, 1.54) is 32.4 Å². The van der Waals surface area contributed by atoms with Crippen molar-refractivity contribution in [1.29, 1.82) is 0 Å². The Labute approximate surface area is 75.1 Å². The highest BCUT2D eigenvalue weighted by Gasteiger charge is 2.11. The second kappa shape index (κ2) is 6.89. The highest BCUT2D eigenvalue weighted by Crippen LogP contribution is 2.14. The first kappa shape index (κ1) is 11.2. The third kappa shape index (κ3) is 4.62. The maximum Gasteiger partial charge on any atom is 0.0464 e. The normalized spacial score (nSPS) is 19.4. The van der Waals surface area contributed by atoms with Crippen LogP contribution >= 0.6 is 12.4 Å². The molecule has 1 heterocycles. The Kier molecular flexibility index (Phi) is 7.02. The average molecular weight is 180 g/mol. The van der Waals surface area contributed by atoms with E-state index in [2.05, 4.69) is 5.32 Å². The van der Waals surface area contributed by atoms with E-state index in [4.69, 9.17) is 4.74 Å². The van der Waals surface area contributed by atoms with Crippen LogP contribution < -0.4 is 5.32 Å². The van der Waals surface area contributed by atoms with E-state index >= 15 is 0 Å². The summed E-state index contributed by atoms with van der Waals surface area (Å²) < 4.78 is 5.02. The van der Waals surface area contributed by atoms with Gasteiger partial charge in [-0.15, -0.1) is 12.4 Å². The van der Waals surface area contributed by atoms with E-state index in [0.717, 1.165) is 12.5 Å². The Hall–Kier alpha value is 0.210. The Balaban J connectivity index is 0.000001000. The van der Waals surface area contributed by atoms with Crippen LogP contribution in [0, 0.1) is 5.92 Å². The topological polar surface area (TPSA) is 21.3 Å². The Bertz CT molecular complexity index is 84.2. The van der Waals surface area contributed by atoms with Crippen LogP contribution in [0.2, 0.25) is 0 Å². The lowest BCUT2D eigenvalue weighted by molar-refractivity contribution is 0.168. The minimum atomic E-state index is 0. The number of methoxy groups -OCH3 is 1. The first-order chi connectivity index (χ1) is 4.93. The van der Waals surface area contributed by atoms with Crippen LogP contribution in [0.1, 0.15) is 19.3 Å². The molecular formula is C8H18ClNO. The summed E-state index contributed by atoms with van der Waals surface area (Å²) in [4.78, 5) is 0. The monoisotopic (exact) mass is 179 g/mol. The molecule has 0 unspecified atom stereocenters. The van der Waals surface area contributed by atoms with Crippen molar-refractivity contribution in [3.63, 3.8) is 0 Å². The summed E-state index contributed by atoms with van der Waals surface area (Å²) in [7, 11) is 1.78. The van der Waals surface area contributed by atoms with Gasteiger partial charge in [-0.1, -0.05) is 0 Å². The molecule has 0 aromatic heterocycles. The molecule has 0 spiro atoms. The highest BCUT2D eigenvalue weighted by atomic mass is 35.5. The molecular weight excluding hydrogens is 162 g/mol. The summed E-state index contributed by atoms with van der Waals surface area (Å²) in [5.74, 6) is 0.918. The summed E-state index contributed by atoms with van der Waals surface area (Å²) in [5, 5.41) is 3.35. The number of hydrogen-bond acceptors (Lipinski definition) is 2. The zero-order valence-corrected chi connectivity index (χ0v) is 7.95. The average Bonchev–Trinajstić information content (AvgIpc) is 2.03. The van der Waals surface area contributed by atoms with Gasteiger partial charge in [-0.3, -0.25) is 0 Å². The van der Waals surface area contributed by atoms with Gasteiger partial charge in [0.25, 0.3) is 0 Å². The number of halogens is 1. The molecule has 1 aliphatic rings. The van der Waals surface area contributed by atoms with E-state index in [0.29, 0.717) is 0 Å². The van der Waals surface area contributed by atoms with Crippen LogP contribution in [0.3, 0.4) is 0 Å². The van der Waals surface area contributed by atoms with Gasteiger partial charge >= 0.3 is 0 Å². The molecule has 0 aliphatic carbocycles. The summed E-state index contributed by atoms with van der Waals surface area (Å²) >= 11 is 0. The number of ether oxygens (including phenoxy) is 1. The molecule has 1 rings (SSSR count). The van der Waals surface area contributed by atoms with Crippen molar-refractivity contribution in [3.8, 4) is 0 Å². The predicted octanol–water partition coefficient (Wildman–Crippen LogP) is 1.44. The molecule has 1 aliphatic heterocycles. The quantitative estimate of drug-likeness (QED) is 0.708. The van der Waals surface area contributed by atoms with Crippen LogP contribution in [0.4, 0.5) is 0 Å². The fourth-order valence-corrected chi connectivity index (χ4v) is 1.45. The maximum absolute atomic E-state index is 5.02. The van der Waals surface area contributed by atoms with Gasteiger partial charge in [0.15, 0.2) is 0 Å². The highest BCUT2D eigenvalue weighted by molar-refractivity contribution is 5.85. The molecule has 1 saturated heterocycles. The summed E-state index contributed by atoms with van der Waals surface area (Å²) in [6, 6.07) is 0. The molecule has 11 heavy (non-hydrogen) atoms. The van der Waals surface area contributed by atoms with E-state index < -0.39 is 0 Å². The molecule has 0 amide bonds. The molecule has 0 atom stereocenters. The largest absolute Gasteiger partial charge is 0.385 e. The van der Waals surface area contributed by atoms with E-state index in [1.54, 1.807) is 7.11 Å². The minimum absolute atomic E-state index is 0. The lowest BCUT2D eigenvalue weighted by atomic mass is 9.95. The molecule has 0 bridgehead atoms. The summed E-state index contributed by atoms with van der Waals surface area (Å²) in [6.45, 7) is 3.34. The first-order valence-corrected chi connectivity index (χ1v) is 4.13. The van der Waals surface area contributed by atoms with Gasteiger partial charge < -0.3 is 10.1 Å². The molecule has 1 N–H and O–H groups in total. The van der Waals surface area contributed by atoms with Gasteiger partial charge in [0.05, 0.1) is 0 Å². The summed E-state index contributed by atoms with van der Waals surface area (Å²) in [5.41, 5.74) is 0. The van der Waals surface area contributed by atoms with Gasteiger partial charge in [0.1, 0.15) is 0 Å². The van der Waals surface area contributed by atoms with Gasteiger partial charge in [0.2, 0.25) is 0 Å². The van der Waals surface area contributed by atoms with Crippen molar-refractivity contribution in [2.24, 2.45) is 5.92 Å². The molecule has 2 nitrogen and oxygen atoms in total. The van der Waals surface area contributed by atoms with E-state index in [9.17, 15) is 0 Å². The number of rotatable bonds is 3. The maximum atomic E-state index is 5.02. The standard InChI is InChI=1S/C8H17NO.ClH/c1-10-7-4-8-2-5-9-6-3-8;/h8-9H,2-7H2,1H3;1H. The zero-order chi connectivity index (χ0) is 7.23.